The van der Waals surface area contributed by atoms with Gasteiger partial charge in [0.1, 0.15) is 0 Å². The van der Waals surface area contributed by atoms with Crippen molar-refractivity contribution in [2.24, 2.45) is 0 Å². The Bertz CT molecular complexity index is 741. The number of ether oxygens (including phenoxy) is 1. The molecule has 1 amide bonds. The predicted octanol–water partition coefficient (Wildman–Crippen LogP) is 2.48. The summed E-state index contributed by atoms with van der Waals surface area (Å²) in [7, 11) is 0. The van der Waals surface area contributed by atoms with Crippen LogP contribution in [0.25, 0.3) is 5.69 Å². The maximum atomic E-state index is 12.9. The van der Waals surface area contributed by atoms with Gasteiger partial charge in [0.15, 0.2) is 5.69 Å². The van der Waals surface area contributed by atoms with Crippen molar-refractivity contribution in [1.82, 2.24) is 19.9 Å². The molecule has 1 saturated heterocycles. The zero-order valence-electron chi connectivity index (χ0n) is 13.4. The third-order valence-electron chi connectivity index (χ3n) is 4.04. The molecule has 3 rings (SSSR count). The van der Waals surface area contributed by atoms with Crippen LogP contribution in [0.4, 0.5) is 0 Å². The normalized spacial score (nSPS) is 17.3. The predicted molar refractivity (Wildman–Crippen MR) is 87.0 cm³/mol. The van der Waals surface area contributed by atoms with Gasteiger partial charge in [-0.3, -0.25) is 4.79 Å². The quantitative estimate of drug-likeness (QED) is 0.846. The zero-order valence-corrected chi connectivity index (χ0v) is 14.2. The molecule has 0 spiro atoms. The highest BCUT2D eigenvalue weighted by Gasteiger charge is 2.36. The molecule has 0 unspecified atom stereocenters. The topological polar surface area (TPSA) is 60.3 Å². The van der Waals surface area contributed by atoms with Crippen LogP contribution in [0.3, 0.4) is 0 Å². The van der Waals surface area contributed by atoms with Crippen molar-refractivity contribution in [2.45, 2.75) is 26.3 Å². The first kappa shape index (κ1) is 16.0. The highest BCUT2D eigenvalue weighted by Crippen LogP contribution is 2.23. The molecule has 1 aromatic heterocycles. The van der Waals surface area contributed by atoms with E-state index in [4.69, 9.17) is 16.3 Å². The molecule has 0 N–H and O–H groups in total. The van der Waals surface area contributed by atoms with E-state index in [1.54, 1.807) is 21.7 Å². The molecule has 23 heavy (non-hydrogen) atoms. The van der Waals surface area contributed by atoms with Gasteiger partial charge in [-0.05, 0) is 39.0 Å². The number of benzene rings is 1. The largest absolute Gasteiger partial charge is 0.377 e. The smallest absolute Gasteiger partial charge is 0.276 e. The van der Waals surface area contributed by atoms with Crippen molar-refractivity contribution >= 4 is 17.5 Å². The summed E-state index contributed by atoms with van der Waals surface area (Å²) in [6.07, 6.45) is 0. The molecule has 1 aliphatic rings. The SMILES string of the molecule is Cc1c(C(=O)N2CCOCC2(C)C)nnn1-c1cccc(Cl)c1. The highest BCUT2D eigenvalue weighted by atomic mass is 35.5. The first-order valence-electron chi connectivity index (χ1n) is 7.48. The van der Waals surface area contributed by atoms with Crippen LogP contribution in [0.5, 0.6) is 0 Å². The molecule has 7 heteroatoms. The Balaban J connectivity index is 1.94. The van der Waals surface area contributed by atoms with E-state index in [0.29, 0.717) is 36.2 Å². The summed E-state index contributed by atoms with van der Waals surface area (Å²) in [5, 5.41) is 8.83. The fourth-order valence-corrected chi connectivity index (χ4v) is 2.93. The van der Waals surface area contributed by atoms with Crippen LogP contribution in [0.15, 0.2) is 24.3 Å². The second-order valence-electron chi connectivity index (χ2n) is 6.24. The van der Waals surface area contributed by atoms with Gasteiger partial charge in [0.25, 0.3) is 5.91 Å². The number of hydrogen-bond donors (Lipinski definition) is 0. The Morgan fingerprint density at radius 2 is 2.17 bits per heavy atom. The number of nitrogens with zero attached hydrogens (tertiary/aromatic N) is 4. The minimum absolute atomic E-state index is 0.121. The van der Waals surface area contributed by atoms with Gasteiger partial charge in [-0.1, -0.05) is 22.9 Å². The number of halogens is 1. The highest BCUT2D eigenvalue weighted by molar-refractivity contribution is 6.30. The van der Waals surface area contributed by atoms with Crippen molar-refractivity contribution in [3.63, 3.8) is 0 Å². The maximum Gasteiger partial charge on any atom is 0.276 e. The Morgan fingerprint density at radius 1 is 1.39 bits per heavy atom. The lowest BCUT2D eigenvalue weighted by Crippen LogP contribution is -2.55. The maximum absolute atomic E-state index is 12.9. The lowest BCUT2D eigenvalue weighted by molar-refractivity contribution is -0.0373. The van der Waals surface area contributed by atoms with Gasteiger partial charge in [0.2, 0.25) is 0 Å². The average Bonchev–Trinajstić information content (AvgIpc) is 2.88. The second-order valence-corrected chi connectivity index (χ2v) is 6.67. The average molecular weight is 335 g/mol. The summed E-state index contributed by atoms with van der Waals surface area (Å²) >= 11 is 6.02. The lowest BCUT2D eigenvalue weighted by atomic mass is 10.0. The lowest BCUT2D eigenvalue weighted by Gasteiger charge is -2.41. The number of hydrogen-bond acceptors (Lipinski definition) is 4. The molecule has 6 nitrogen and oxygen atoms in total. The molecular formula is C16H19ClN4O2. The molecule has 1 fully saturated rings. The molecule has 0 saturated carbocycles. The van der Waals surface area contributed by atoms with Crippen molar-refractivity contribution < 1.29 is 9.53 Å². The number of amides is 1. The van der Waals surface area contributed by atoms with Gasteiger partial charge in [-0.15, -0.1) is 5.10 Å². The molecule has 0 atom stereocenters. The number of aromatic nitrogens is 3. The van der Waals surface area contributed by atoms with Gasteiger partial charge >= 0.3 is 0 Å². The fraction of sp³-hybridized carbons (Fsp3) is 0.438. The van der Waals surface area contributed by atoms with E-state index in [2.05, 4.69) is 10.3 Å². The Morgan fingerprint density at radius 3 is 2.87 bits per heavy atom. The molecule has 2 heterocycles. The van der Waals surface area contributed by atoms with Gasteiger partial charge in [-0.2, -0.15) is 0 Å². The summed E-state index contributed by atoms with van der Waals surface area (Å²) in [6.45, 7) is 7.41. The molecule has 0 bridgehead atoms. The van der Waals surface area contributed by atoms with Crippen LogP contribution in [-0.2, 0) is 4.74 Å². The van der Waals surface area contributed by atoms with Crippen LogP contribution in [0, 0.1) is 6.92 Å². The number of rotatable bonds is 2. The molecule has 1 aliphatic heterocycles. The molecule has 2 aromatic rings. The van der Waals surface area contributed by atoms with Gasteiger partial charge < -0.3 is 9.64 Å². The monoisotopic (exact) mass is 334 g/mol. The van der Waals surface area contributed by atoms with E-state index in [-0.39, 0.29) is 11.4 Å². The van der Waals surface area contributed by atoms with E-state index in [0.717, 1.165) is 5.69 Å². The van der Waals surface area contributed by atoms with Crippen LogP contribution in [0.1, 0.15) is 30.0 Å². The summed E-state index contributed by atoms with van der Waals surface area (Å²) in [5.41, 5.74) is 1.48. The molecule has 0 radical (unpaired) electrons. The molecule has 122 valence electrons. The Labute approximate surface area is 140 Å². The van der Waals surface area contributed by atoms with Crippen LogP contribution in [0.2, 0.25) is 5.02 Å². The third kappa shape index (κ3) is 2.96. The van der Waals surface area contributed by atoms with Crippen LogP contribution in [-0.4, -0.2) is 51.1 Å². The Kier molecular flexibility index (Phi) is 4.12. The van der Waals surface area contributed by atoms with Gasteiger partial charge in [0.05, 0.1) is 30.1 Å². The van der Waals surface area contributed by atoms with E-state index in [1.165, 1.54) is 0 Å². The van der Waals surface area contributed by atoms with Crippen molar-refractivity contribution in [2.75, 3.05) is 19.8 Å². The molecule has 1 aromatic carbocycles. The molecular weight excluding hydrogens is 316 g/mol. The standard InChI is InChI=1S/C16H19ClN4O2/c1-11-14(15(22)20-7-8-23-10-16(20,2)3)18-19-21(11)13-6-4-5-12(17)9-13/h4-6,9H,7-8,10H2,1-3H3. The first-order chi connectivity index (χ1) is 10.9. The summed E-state index contributed by atoms with van der Waals surface area (Å²) in [4.78, 5) is 14.7. The van der Waals surface area contributed by atoms with E-state index in [9.17, 15) is 4.79 Å². The van der Waals surface area contributed by atoms with Crippen LogP contribution >= 0.6 is 11.6 Å². The Hall–Kier alpha value is -1.92. The third-order valence-corrected chi connectivity index (χ3v) is 4.28. The number of carbonyl (C=O) groups is 1. The second kappa shape index (κ2) is 5.94. The number of carbonyl (C=O) groups excluding carboxylic acids is 1. The molecule has 0 aliphatic carbocycles. The zero-order chi connectivity index (χ0) is 16.6. The van der Waals surface area contributed by atoms with Crippen LogP contribution < -0.4 is 0 Å². The summed E-state index contributed by atoms with van der Waals surface area (Å²) < 4.78 is 7.10. The summed E-state index contributed by atoms with van der Waals surface area (Å²) in [5.74, 6) is -0.121. The van der Waals surface area contributed by atoms with Gasteiger partial charge in [-0.25, -0.2) is 4.68 Å². The first-order valence-corrected chi connectivity index (χ1v) is 7.86. The van der Waals surface area contributed by atoms with Crippen molar-refractivity contribution in [1.29, 1.82) is 0 Å². The number of morpholine rings is 1. The van der Waals surface area contributed by atoms with E-state index >= 15 is 0 Å². The van der Waals surface area contributed by atoms with Crippen molar-refractivity contribution in [3.05, 3.63) is 40.7 Å². The minimum Gasteiger partial charge on any atom is -0.377 e. The summed E-state index contributed by atoms with van der Waals surface area (Å²) in [6, 6.07) is 7.29. The van der Waals surface area contributed by atoms with Crippen molar-refractivity contribution in [3.8, 4) is 5.69 Å². The minimum atomic E-state index is -0.360. The fourth-order valence-electron chi connectivity index (χ4n) is 2.74. The van der Waals surface area contributed by atoms with E-state index in [1.807, 2.05) is 32.9 Å². The van der Waals surface area contributed by atoms with Gasteiger partial charge in [0, 0.05) is 11.6 Å². The van der Waals surface area contributed by atoms with E-state index < -0.39 is 0 Å².